The van der Waals surface area contributed by atoms with Gasteiger partial charge in [-0.25, -0.2) is 0 Å². The molecule has 1 aliphatic heterocycles. The van der Waals surface area contributed by atoms with E-state index < -0.39 is 0 Å². The Bertz CT molecular complexity index is 485. The van der Waals surface area contributed by atoms with Gasteiger partial charge in [-0.1, -0.05) is 0 Å². The quantitative estimate of drug-likeness (QED) is 0.832. The van der Waals surface area contributed by atoms with Gasteiger partial charge in [-0.05, 0) is 7.05 Å². The van der Waals surface area contributed by atoms with E-state index in [9.17, 15) is 4.79 Å². The topological polar surface area (TPSA) is 51.2 Å². The number of hydrogen-bond acceptors (Lipinski definition) is 5. The Hall–Kier alpha value is -1.95. The smallest absolute Gasteiger partial charge is 0.261 e. The van der Waals surface area contributed by atoms with E-state index in [-0.39, 0.29) is 5.91 Å². The Labute approximate surface area is 125 Å². The highest BCUT2D eigenvalue weighted by atomic mass is 16.5. The number of rotatable bonds is 4. The largest absolute Gasteiger partial charge is 0.496 e. The molecule has 0 spiro atoms. The van der Waals surface area contributed by atoms with Gasteiger partial charge in [0.15, 0.2) is 0 Å². The van der Waals surface area contributed by atoms with E-state index in [0.29, 0.717) is 35.9 Å². The number of carbonyl (C=O) groups excluding carboxylic acids is 1. The van der Waals surface area contributed by atoms with Crippen molar-refractivity contribution in [2.45, 2.75) is 0 Å². The van der Waals surface area contributed by atoms with Crippen molar-refractivity contribution >= 4 is 5.91 Å². The zero-order valence-corrected chi connectivity index (χ0v) is 13.0. The summed E-state index contributed by atoms with van der Waals surface area (Å²) < 4.78 is 15.9. The number of benzene rings is 1. The van der Waals surface area contributed by atoms with Gasteiger partial charge in [0, 0.05) is 38.3 Å². The maximum absolute atomic E-state index is 12.8. The first-order valence-electron chi connectivity index (χ1n) is 6.88. The van der Waals surface area contributed by atoms with Crippen molar-refractivity contribution < 1.29 is 19.0 Å². The fourth-order valence-electron chi connectivity index (χ4n) is 2.38. The molecule has 1 heterocycles. The van der Waals surface area contributed by atoms with Crippen molar-refractivity contribution in [2.24, 2.45) is 0 Å². The Kier molecular flexibility index (Phi) is 4.90. The molecule has 0 aromatic heterocycles. The van der Waals surface area contributed by atoms with E-state index in [0.717, 1.165) is 13.1 Å². The van der Waals surface area contributed by atoms with Crippen LogP contribution in [0.4, 0.5) is 0 Å². The average Bonchev–Trinajstić information content (AvgIpc) is 2.53. The van der Waals surface area contributed by atoms with E-state index in [2.05, 4.69) is 11.9 Å². The number of hydrogen-bond donors (Lipinski definition) is 0. The first-order chi connectivity index (χ1) is 10.1. The molecule has 1 saturated heterocycles. The van der Waals surface area contributed by atoms with Crippen LogP contribution in [-0.4, -0.2) is 70.3 Å². The second kappa shape index (κ2) is 6.67. The molecule has 21 heavy (non-hydrogen) atoms. The Morgan fingerprint density at radius 3 is 1.90 bits per heavy atom. The Balaban J connectivity index is 2.35. The van der Waals surface area contributed by atoms with Gasteiger partial charge in [0.25, 0.3) is 5.91 Å². The molecular formula is C15H22N2O4. The number of ether oxygens (including phenoxy) is 3. The fraction of sp³-hybridized carbons (Fsp3) is 0.533. The first-order valence-corrected chi connectivity index (χ1v) is 6.88. The maximum Gasteiger partial charge on any atom is 0.261 e. The van der Waals surface area contributed by atoms with E-state index in [1.165, 1.54) is 14.2 Å². The molecule has 0 aliphatic carbocycles. The molecule has 116 valence electrons. The molecule has 1 aromatic carbocycles. The van der Waals surface area contributed by atoms with Crippen molar-refractivity contribution in [1.29, 1.82) is 0 Å². The third kappa shape index (κ3) is 3.21. The lowest BCUT2D eigenvalue weighted by Gasteiger charge is -2.33. The molecule has 0 atom stereocenters. The monoisotopic (exact) mass is 294 g/mol. The minimum atomic E-state index is -0.0700. The molecule has 1 fully saturated rings. The minimum absolute atomic E-state index is 0.0700. The lowest BCUT2D eigenvalue weighted by atomic mass is 10.1. The van der Waals surface area contributed by atoms with Crippen LogP contribution in [0.1, 0.15) is 10.4 Å². The zero-order valence-electron chi connectivity index (χ0n) is 13.0. The Morgan fingerprint density at radius 2 is 1.48 bits per heavy atom. The van der Waals surface area contributed by atoms with Crippen LogP contribution in [-0.2, 0) is 0 Å². The van der Waals surface area contributed by atoms with Crippen molar-refractivity contribution in [3.8, 4) is 17.2 Å². The number of likely N-dealkylation sites (N-methyl/N-ethyl adjacent to an activating group) is 1. The maximum atomic E-state index is 12.8. The van der Waals surface area contributed by atoms with Gasteiger partial charge >= 0.3 is 0 Å². The fourth-order valence-corrected chi connectivity index (χ4v) is 2.38. The van der Waals surface area contributed by atoms with Crippen LogP contribution in [0.2, 0.25) is 0 Å². The molecular weight excluding hydrogens is 272 g/mol. The molecule has 0 unspecified atom stereocenters. The number of carbonyl (C=O) groups is 1. The second-order valence-corrected chi connectivity index (χ2v) is 5.00. The molecule has 1 aromatic rings. The third-order valence-electron chi connectivity index (χ3n) is 3.72. The summed E-state index contributed by atoms with van der Waals surface area (Å²) in [5.41, 5.74) is 0.449. The zero-order chi connectivity index (χ0) is 15.4. The number of piperazine rings is 1. The summed E-state index contributed by atoms with van der Waals surface area (Å²) in [5, 5.41) is 0. The lowest BCUT2D eigenvalue weighted by molar-refractivity contribution is 0.0657. The molecule has 0 bridgehead atoms. The highest BCUT2D eigenvalue weighted by Gasteiger charge is 2.27. The summed E-state index contributed by atoms with van der Waals surface area (Å²) >= 11 is 0. The molecule has 6 heteroatoms. The Morgan fingerprint density at radius 1 is 0.952 bits per heavy atom. The van der Waals surface area contributed by atoms with E-state index in [4.69, 9.17) is 14.2 Å². The van der Waals surface area contributed by atoms with Crippen LogP contribution in [0.3, 0.4) is 0 Å². The second-order valence-electron chi connectivity index (χ2n) is 5.00. The van der Waals surface area contributed by atoms with Gasteiger partial charge in [0.05, 0.1) is 21.3 Å². The molecule has 0 saturated carbocycles. The molecule has 0 N–H and O–H groups in total. The van der Waals surface area contributed by atoms with E-state index in [1.807, 2.05) is 4.90 Å². The van der Waals surface area contributed by atoms with Crippen LogP contribution >= 0.6 is 0 Å². The summed E-state index contributed by atoms with van der Waals surface area (Å²) in [7, 11) is 6.69. The van der Waals surface area contributed by atoms with E-state index in [1.54, 1.807) is 19.2 Å². The van der Waals surface area contributed by atoms with Crippen molar-refractivity contribution in [1.82, 2.24) is 9.80 Å². The van der Waals surface area contributed by atoms with Crippen LogP contribution in [0.25, 0.3) is 0 Å². The van der Waals surface area contributed by atoms with Crippen molar-refractivity contribution in [3.63, 3.8) is 0 Å². The minimum Gasteiger partial charge on any atom is -0.496 e. The van der Waals surface area contributed by atoms with Crippen molar-refractivity contribution in [2.75, 3.05) is 54.6 Å². The summed E-state index contributed by atoms with van der Waals surface area (Å²) in [6, 6.07) is 3.40. The SMILES string of the molecule is COc1cc(OC)c(C(=O)N2CCN(C)CC2)c(OC)c1. The molecule has 1 aliphatic rings. The summed E-state index contributed by atoms with van der Waals surface area (Å²) in [5.74, 6) is 1.46. The summed E-state index contributed by atoms with van der Waals surface area (Å²) in [6.45, 7) is 3.14. The number of methoxy groups -OCH3 is 3. The van der Waals surface area contributed by atoms with Crippen molar-refractivity contribution in [3.05, 3.63) is 17.7 Å². The third-order valence-corrected chi connectivity index (χ3v) is 3.72. The van der Waals surface area contributed by atoms with Crippen LogP contribution in [0, 0.1) is 0 Å². The lowest BCUT2D eigenvalue weighted by Crippen LogP contribution is -2.47. The summed E-state index contributed by atoms with van der Waals surface area (Å²) in [6.07, 6.45) is 0. The highest BCUT2D eigenvalue weighted by molar-refractivity contribution is 6.00. The van der Waals surface area contributed by atoms with E-state index >= 15 is 0 Å². The predicted molar refractivity (Wildman–Crippen MR) is 79.5 cm³/mol. The van der Waals surface area contributed by atoms with Gasteiger partial charge in [-0.3, -0.25) is 4.79 Å². The average molecular weight is 294 g/mol. The van der Waals surface area contributed by atoms with Gasteiger partial charge in [-0.15, -0.1) is 0 Å². The molecule has 6 nitrogen and oxygen atoms in total. The normalized spacial score (nSPS) is 15.7. The predicted octanol–water partition coefficient (Wildman–Crippen LogP) is 1.10. The molecule has 2 rings (SSSR count). The van der Waals surface area contributed by atoms with Gasteiger partial charge in [-0.2, -0.15) is 0 Å². The molecule has 0 radical (unpaired) electrons. The summed E-state index contributed by atoms with van der Waals surface area (Å²) in [4.78, 5) is 16.8. The van der Waals surface area contributed by atoms with Crippen LogP contribution in [0.15, 0.2) is 12.1 Å². The van der Waals surface area contributed by atoms with Gasteiger partial charge in [0.1, 0.15) is 22.8 Å². The first kappa shape index (κ1) is 15.4. The van der Waals surface area contributed by atoms with Crippen LogP contribution < -0.4 is 14.2 Å². The standard InChI is InChI=1S/C15H22N2O4/c1-16-5-7-17(8-6-16)15(18)14-12(20-3)9-11(19-2)10-13(14)21-4/h9-10H,5-8H2,1-4H3. The molecule has 1 amide bonds. The highest BCUT2D eigenvalue weighted by Crippen LogP contribution is 2.35. The van der Waals surface area contributed by atoms with Gasteiger partial charge in [0.2, 0.25) is 0 Å². The number of amides is 1. The van der Waals surface area contributed by atoms with Crippen LogP contribution in [0.5, 0.6) is 17.2 Å². The van der Waals surface area contributed by atoms with Gasteiger partial charge < -0.3 is 24.0 Å². The number of nitrogens with zero attached hydrogens (tertiary/aromatic N) is 2.